The molecule has 0 saturated carbocycles. The molecule has 5 nitrogen and oxygen atoms in total. The lowest BCUT2D eigenvalue weighted by molar-refractivity contribution is -0.218. The fourth-order valence-corrected chi connectivity index (χ4v) is 3.74. The van der Waals surface area contributed by atoms with Crippen molar-refractivity contribution in [1.29, 1.82) is 0 Å². The zero-order valence-electron chi connectivity index (χ0n) is 14.5. The zero-order chi connectivity index (χ0) is 18.2. The van der Waals surface area contributed by atoms with E-state index in [2.05, 4.69) is 15.9 Å². The van der Waals surface area contributed by atoms with Gasteiger partial charge in [0.15, 0.2) is 17.9 Å². The Kier molecular flexibility index (Phi) is 5.88. The van der Waals surface area contributed by atoms with E-state index in [0.29, 0.717) is 11.4 Å². The second kappa shape index (κ2) is 7.62. The Bertz CT molecular complexity index is 650. The van der Waals surface area contributed by atoms with Crippen LogP contribution in [0.1, 0.15) is 39.2 Å². The van der Waals surface area contributed by atoms with Crippen LogP contribution in [0.3, 0.4) is 0 Å². The van der Waals surface area contributed by atoms with Crippen LogP contribution < -0.4 is 0 Å². The number of halogens is 2. The first-order chi connectivity index (χ1) is 11.8. The molecule has 2 fully saturated rings. The topological polar surface area (TPSA) is 54.0 Å². The smallest absolute Gasteiger partial charge is 0.190 e. The molecule has 0 radical (unpaired) electrons. The minimum absolute atomic E-state index is 0.00671. The second-order valence-corrected chi connectivity index (χ2v) is 7.96. The van der Waals surface area contributed by atoms with Crippen LogP contribution in [0.15, 0.2) is 22.7 Å². The fraction of sp³-hybridized carbons (Fsp3) is 0.611. The zero-order valence-corrected chi connectivity index (χ0v) is 16.8. The molecular formula is C18H22BrClO5. The number of benzene rings is 1. The van der Waals surface area contributed by atoms with Crippen LogP contribution in [-0.2, 0) is 30.3 Å². The van der Waals surface area contributed by atoms with Gasteiger partial charge in [0.2, 0.25) is 0 Å². The van der Waals surface area contributed by atoms with Gasteiger partial charge in [-0.3, -0.25) is 4.79 Å². The van der Waals surface area contributed by atoms with Crippen molar-refractivity contribution in [3.63, 3.8) is 0 Å². The number of hydrogen-bond acceptors (Lipinski definition) is 5. The number of ether oxygens (including phenoxy) is 4. The monoisotopic (exact) mass is 432 g/mol. The molecule has 0 aromatic heterocycles. The highest BCUT2D eigenvalue weighted by atomic mass is 79.9. The van der Waals surface area contributed by atoms with Crippen molar-refractivity contribution in [2.45, 2.75) is 70.6 Å². The standard InChI is InChI=1S/C18H22BrClO5/c1-4-6-12(21)14-15(16-17(23-14)25-18(2,3)24-16)22-9-10-7-5-8-11(19)13(10)20/h5,7-8,14-17H,4,6,9H2,1-3H3/t14-,15+,16-,17-/m1/s1. The molecule has 2 aliphatic rings. The summed E-state index contributed by atoms with van der Waals surface area (Å²) in [5.74, 6) is -0.754. The lowest BCUT2D eigenvalue weighted by Crippen LogP contribution is -2.40. The first kappa shape index (κ1) is 19.3. The Balaban J connectivity index is 1.76. The van der Waals surface area contributed by atoms with Crippen LogP contribution in [0, 0.1) is 0 Å². The number of hydrogen-bond donors (Lipinski definition) is 0. The Hall–Kier alpha value is -0.500. The molecule has 0 bridgehead atoms. The normalized spacial score (nSPS) is 30.4. The van der Waals surface area contributed by atoms with Gasteiger partial charge in [-0.25, -0.2) is 0 Å². The minimum Gasteiger partial charge on any atom is -0.367 e. The van der Waals surface area contributed by atoms with Gasteiger partial charge in [0.1, 0.15) is 18.3 Å². The minimum atomic E-state index is -0.761. The van der Waals surface area contributed by atoms with Crippen LogP contribution in [0.4, 0.5) is 0 Å². The van der Waals surface area contributed by atoms with Crippen LogP contribution in [-0.4, -0.2) is 36.2 Å². The van der Waals surface area contributed by atoms with E-state index in [0.717, 1.165) is 16.5 Å². The first-order valence-electron chi connectivity index (χ1n) is 8.40. The molecule has 4 atom stereocenters. The molecular weight excluding hydrogens is 412 g/mol. The number of carbonyl (C=O) groups excluding carboxylic acids is 1. The highest BCUT2D eigenvalue weighted by molar-refractivity contribution is 9.10. The Morgan fingerprint density at radius 3 is 2.84 bits per heavy atom. The molecule has 25 heavy (non-hydrogen) atoms. The van der Waals surface area contributed by atoms with Crippen LogP contribution >= 0.6 is 27.5 Å². The van der Waals surface area contributed by atoms with Gasteiger partial charge in [-0.2, -0.15) is 0 Å². The van der Waals surface area contributed by atoms with Gasteiger partial charge in [-0.1, -0.05) is 30.7 Å². The van der Waals surface area contributed by atoms with Gasteiger partial charge in [-0.15, -0.1) is 0 Å². The van der Waals surface area contributed by atoms with E-state index in [-0.39, 0.29) is 12.4 Å². The summed E-state index contributed by atoms with van der Waals surface area (Å²) in [5, 5.41) is 0.596. The van der Waals surface area contributed by atoms with Crippen molar-refractivity contribution >= 4 is 33.3 Å². The molecule has 0 unspecified atom stereocenters. The maximum Gasteiger partial charge on any atom is 0.190 e. The Morgan fingerprint density at radius 1 is 1.36 bits per heavy atom. The molecule has 0 amide bonds. The molecule has 1 aromatic rings. The van der Waals surface area contributed by atoms with Gasteiger partial charge in [0, 0.05) is 10.9 Å². The lowest BCUT2D eigenvalue weighted by atomic mass is 10.0. The average molecular weight is 434 g/mol. The summed E-state index contributed by atoms with van der Waals surface area (Å²) in [6, 6.07) is 5.64. The second-order valence-electron chi connectivity index (χ2n) is 6.73. The number of rotatable bonds is 6. The molecule has 2 heterocycles. The predicted molar refractivity (Wildman–Crippen MR) is 96.3 cm³/mol. The molecule has 0 N–H and O–H groups in total. The Labute approximate surface area is 161 Å². The van der Waals surface area contributed by atoms with E-state index in [1.165, 1.54) is 0 Å². The summed E-state index contributed by atoms with van der Waals surface area (Å²) < 4.78 is 24.4. The van der Waals surface area contributed by atoms with Crippen molar-refractivity contribution in [2.75, 3.05) is 0 Å². The van der Waals surface area contributed by atoms with Crippen molar-refractivity contribution in [1.82, 2.24) is 0 Å². The van der Waals surface area contributed by atoms with E-state index in [1.54, 1.807) is 0 Å². The molecule has 7 heteroatoms. The number of carbonyl (C=O) groups is 1. The third-order valence-electron chi connectivity index (χ3n) is 4.27. The van der Waals surface area contributed by atoms with Gasteiger partial charge in [0.05, 0.1) is 11.6 Å². The summed E-state index contributed by atoms with van der Waals surface area (Å²) >= 11 is 9.71. The van der Waals surface area contributed by atoms with Crippen LogP contribution in [0.5, 0.6) is 0 Å². The van der Waals surface area contributed by atoms with Crippen LogP contribution in [0.2, 0.25) is 5.02 Å². The maximum atomic E-state index is 12.4. The summed E-state index contributed by atoms with van der Waals surface area (Å²) in [6.45, 7) is 5.86. The van der Waals surface area contributed by atoms with Gasteiger partial charge >= 0.3 is 0 Å². The summed E-state index contributed by atoms with van der Waals surface area (Å²) in [7, 11) is 0. The third-order valence-corrected chi connectivity index (χ3v) is 5.60. The van der Waals surface area contributed by atoms with Gasteiger partial charge in [0.25, 0.3) is 0 Å². The van der Waals surface area contributed by atoms with Crippen molar-refractivity contribution in [3.8, 4) is 0 Å². The molecule has 138 valence electrons. The van der Waals surface area contributed by atoms with E-state index >= 15 is 0 Å². The molecule has 2 saturated heterocycles. The van der Waals surface area contributed by atoms with Crippen molar-refractivity contribution in [3.05, 3.63) is 33.3 Å². The van der Waals surface area contributed by atoms with Crippen LogP contribution in [0.25, 0.3) is 0 Å². The summed E-state index contributed by atoms with van der Waals surface area (Å²) in [5.41, 5.74) is 0.833. The van der Waals surface area contributed by atoms with Crippen molar-refractivity contribution in [2.24, 2.45) is 0 Å². The quantitative estimate of drug-likeness (QED) is 0.672. The highest BCUT2D eigenvalue weighted by Gasteiger charge is 2.57. The van der Waals surface area contributed by atoms with E-state index in [9.17, 15) is 4.79 Å². The fourth-order valence-electron chi connectivity index (χ4n) is 3.16. The maximum absolute atomic E-state index is 12.4. The van der Waals surface area contributed by atoms with E-state index in [4.69, 9.17) is 30.5 Å². The van der Waals surface area contributed by atoms with Gasteiger partial charge in [-0.05, 0) is 47.8 Å². The molecule has 0 spiro atoms. The van der Waals surface area contributed by atoms with E-state index < -0.39 is 30.4 Å². The van der Waals surface area contributed by atoms with Gasteiger partial charge < -0.3 is 18.9 Å². The molecule has 2 aliphatic heterocycles. The molecule has 1 aromatic carbocycles. The average Bonchev–Trinajstić information content (AvgIpc) is 3.01. The highest BCUT2D eigenvalue weighted by Crippen LogP contribution is 2.40. The molecule has 0 aliphatic carbocycles. The summed E-state index contributed by atoms with van der Waals surface area (Å²) in [6.07, 6.45) is -1.05. The van der Waals surface area contributed by atoms with E-state index in [1.807, 2.05) is 39.0 Å². The molecule has 3 rings (SSSR count). The number of fused-ring (bicyclic) bond motifs is 1. The number of ketones is 1. The first-order valence-corrected chi connectivity index (χ1v) is 9.58. The SMILES string of the molecule is CCCC(=O)[C@H]1O[C@@H]2OC(C)(C)O[C@@H]2[C@H]1OCc1cccc(Br)c1Cl. The summed E-state index contributed by atoms with van der Waals surface area (Å²) in [4.78, 5) is 12.4. The Morgan fingerprint density at radius 2 is 2.12 bits per heavy atom. The number of Topliss-reactive ketones (excluding diaryl/α,β-unsaturated/α-hetero) is 1. The third kappa shape index (κ3) is 4.10. The lowest BCUT2D eigenvalue weighted by Gasteiger charge is -2.25. The largest absolute Gasteiger partial charge is 0.367 e. The predicted octanol–water partition coefficient (Wildman–Crippen LogP) is 4.23. The van der Waals surface area contributed by atoms with Crippen molar-refractivity contribution < 1.29 is 23.7 Å².